The second-order valence-corrected chi connectivity index (χ2v) is 5.14. The van der Waals surface area contributed by atoms with Crippen LogP contribution in [0.2, 0.25) is 0 Å². The number of H-pyrrole nitrogens is 1. The number of ether oxygens (including phenoxy) is 2. The molecule has 3 N–H and O–H groups in total. The number of aromatic nitrogens is 2. The molecule has 0 aliphatic carbocycles. The van der Waals surface area contributed by atoms with Gasteiger partial charge in [-0.3, -0.25) is 20.4 Å². The van der Waals surface area contributed by atoms with E-state index in [1.807, 2.05) is 0 Å². The van der Waals surface area contributed by atoms with Crippen LogP contribution in [0.3, 0.4) is 0 Å². The van der Waals surface area contributed by atoms with Crippen molar-refractivity contribution in [3.63, 3.8) is 0 Å². The molecule has 0 aliphatic rings. The van der Waals surface area contributed by atoms with E-state index < -0.39 is 11.8 Å². The second kappa shape index (κ2) is 6.91. The predicted octanol–water partition coefficient (Wildman–Crippen LogP) is 1.65. The summed E-state index contributed by atoms with van der Waals surface area (Å²) in [5, 5.41) is 0. The van der Waals surface area contributed by atoms with Crippen molar-refractivity contribution in [1.29, 1.82) is 0 Å². The van der Waals surface area contributed by atoms with E-state index in [0.717, 1.165) is 11.0 Å². The molecule has 0 saturated heterocycles. The molecular weight excluding hydrogens is 324 g/mol. The number of fused-ring (bicyclic) bond motifs is 1. The summed E-state index contributed by atoms with van der Waals surface area (Å²) in [5.41, 5.74) is 6.91. The second-order valence-electron chi connectivity index (χ2n) is 5.14. The molecule has 0 aliphatic heterocycles. The van der Waals surface area contributed by atoms with Crippen molar-refractivity contribution in [3.8, 4) is 11.5 Å². The topological polar surface area (TPSA) is 105 Å². The lowest BCUT2D eigenvalue weighted by molar-refractivity contribution is 0.0846. The summed E-state index contributed by atoms with van der Waals surface area (Å²) in [4.78, 5) is 31.4. The molecule has 3 aromatic rings. The van der Waals surface area contributed by atoms with E-state index in [1.54, 1.807) is 42.7 Å². The van der Waals surface area contributed by atoms with Crippen molar-refractivity contribution in [3.05, 3.63) is 53.9 Å². The van der Waals surface area contributed by atoms with Crippen LogP contribution in [0.1, 0.15) is 20.7 Å². The summed E-state index contributed by atoms with van der Waals surface area (Å²) < 4.78 is 10.2. The first-order valence-electron chi connectivity index (χ1n) is 7.37. The van der Waals surface area contributed by atoms with Crippen molar-refractivity contribution >= 4 is 22.8 Å². The van der Waals surface area contributed by atoms with Gasteiger partial charge in [-0.25, -0.2) is 4.98 Å². The molecule has 0 bridgehead atoms. The fourth-order valence-electron chi connectivity index (χ4n) is 2.27. The zero-order valence-corrected chi connectivity index (χ0v) is 13.6. The van der Waals surface area contributed by atoms with Crippen molar-refractivity contribution in [2.75, 3.05) is 14.2 Å². The van der Waals surface area contributed by atoms with Gasteiger partial charge in [0.1, 0.15) is 11.5 Å². The minimum Gasteiger partial charge on any atom is -0.497 e. The van der Waals surface area contributed by atoms with Crippen LogP contribution < -0.4 is 20.3 Å². The standard InChI is InChI=1S/C17H16N4O4/c1-24-12-5-11(6-13(8-12)25-2)17(23)21-20-16(22)10-3-4-14-15(7-10)19-9-18-14/h3-9H,1-2H3,(H,18,19)(H,20,22)(H,21,23). The number of hydrogen-bond acceptors (Lipinski definition) is 5. The molecule has 3 rings (SSSR count). The van der Waals surface area contributed by atoms with Crippen LogP contribution in [0.5, 0.6) is 11.5 Å². The minimum absolute atomic E-state index is 0.292. The number of benzene rings is 2. The summed E-state index contributed by atoms with van der Waals surface area (Å²) in [6.07, 6.45) is 1.55. The molecule has 8 heteroatoms. The maximum atomic E-state index is 12.2. The molecule has 1 heterocycles. The summed E-state index contributed by atoms with van der Waals surface area (Å²) in [6, 6.07) is 9.73. The van der Waals surface area contributed by atoms with E-state index in [0.29, 0.717) is 22.6 Å². The van der Waals surface area contributed by atoms with Gasteiger partial charge < -0.3 is 14.5 Å². The fraction of sp³-hybridized carbons (Fsp3) is 0.118. The SMILES string of the molecule is COc1cc(OC)cc(C(=O)NNC(=O)c2ccc3nc[nH]c3c2)c1. The van der Waals surface area contributed by atoms with Gasteiger partial charge in [-0.15, -0.1) is 0 Å². The normalized spacial score (nSPS) is 10.3. The maximum absolute atomic E-state index is 12.2. The molecule has 2 amide bonds. The third kappa shape index (κ3) is 3.52. The average Bonchev–Trinajstić information content (AvgIpc) is 3.12. The molecule has 0 radical (unpaired) electrons. The van der Waals surface area contributed by atoms with Gasteiger partial charge in [0.15, 0.2) is 0 Å². The highest BCUT2D eigenvalue weighted by atomic mass is 16.5. The zero-order chi connectivity index (χ0) is 17.8. The van der Waals surface area contributed by atoms with Gasteiger partial charge in [-0.05, 0) is 30.3 Å². The van der Waals surface area contributed by atoms with Gasteiger partial charge in [-0.2, -0.15) is 0 Å². The quantitative estimate of drug-likeness (QED) is 0.626. The van der Waals surface area contributed by atoms with Crippen molar-refractivity contribution in [1.82, 2.24) is 20.8 Å². The summed E-state index contributed by atoms with van der Waals surface area (Å²) in [7, 11) is 2.98. The van der Waals surface area contributed by atoms with E-state index in [2.05, 4.69) is 20.8 Å². The van der Waals surface area contributed by atoms with Crippen molar-refractivity contribution in [2.45, 2.75) is 0 Å². The van der Waals surface area contributed by atoms with E-state index >= 15 is 0 Å². The predicted molar refractivity (Wildman–Crippen MR) is 90.6 cm³/mol. The lowest BCUT2D eigenvalue weighted by Crippen LogP contribution is -2.41. The number of nitrogens with zero attached hydrogens (tertiary/aromatic N) is 1. The molecule has 0 saturated carbocycles. The lowest BCUT2D eigenvalue weighted by Gasteiger charge is -2.10. The van der Waals surface area contributed by atoms with Gasteiger partial charge in [0.25, 0.3) is 11.8 Å². The molecule has 0 spiro atoms. The van der Waals surface area contributed by atoms with E-state index in [-0.39, 0.29) is 0 Å². The third-order valence-corrected chi connectivity index (χ3v) is 3.59. The number of imidazole rings is 1. The number of nitrogens with one attached hydrogen (secondary N) is 3. The van der Waals surface area contributed by atoms with Gasteiger partial charge in [0.2, 0.25) is 0 Å². The Morgan fingerprint density at radius 1 is 0.920 bits per heavy atom. The highest BCUT2D eigenvalue weighted by molar-refractivity contribution is 6.00. The first-order chi connectivity index (χ1) is 12.1. The zero-order valence-electron chi connectivity index (χ0n) is 13.6. The number of methoxy groups -OCH3 is 2. The van der Waals surface area contributed by atoms with Crippen molar-refractivity contribution < 1.29 is 19.1 Å². The van der Waals surface area contributed by atoms with E-state index in [4.69, 9.17) is 9.47 Å². The first-order valence-corrected chi connectivity index (χ1v) is 7.37. The smallest absolute Gasteiger partial charge is 0.269 e. The van der Waals surface area contributed by atoms with Crippen LogP contribution in [-0.2, 0) is 0 Å². The summed E-state index contributed by atoms with van der Waals surface area (Å²) in [5.74, 6) is 0.00826. The van der Waals surface area contributed by atoms with Crippen LogP contribution in [0.4, 0.5) is 0 Å². The molecule has 0 unspecified atom stereocenters. The van der Waals surface area contributed by atoms with Crippen LogP contribution >= 0.6 is 0 Å². The molecular formula is C17H16N4O4. The number of amides is 2. The minimum atomic E-state index is -0.492. The van der Waals surface area contributed by atoms with Gasteiger partial charge in [0, 0.05) is 17.2 Å². The van der Waals surface area contributed by atoms with E-state index in [1.165, 1.54) is 14.2 Å². The Kier molecular flexibility index (Phi) is 4.51. The molecule has 0 fully saturated rings. The number of rotatable bonds is 4. The largest absolute Gasteiger partial charge is 0.497 e. The van der Waals surface area contributed by atoms with Crippen LogP contribution in [0.25, 0.3) is 11.0 Å². The average molecular weight is 340 g/mol. The highest BCUT2D eigenvalue weighted by Gasteiger charge is 2.12. The Morgan fingerprint density at radius 3 is 2.20 bits per heavy atom. The molecule has 2 aromatic carbocycles. The molecule has 1 aromatic heterocycles. The monoisotopic (exact) mass is 340 g/mol. The maximum Gasteiger partial charge on any atom is 0.269 e. The number of carbonyl (C=O) groups excluding carboxylic acids is 2. The van der Waals surface area contributed by atoms with E-state index in [9.17, 15) is 9.59 Å². The Hall–Kier alpha value is -3.55. The van der Waals surface area contributed by atoms with Crippen molar-refractivity contribution in [2.24, 2.45) is 0 Å². The van der Waals surface area contributed by atoms with Crippen LogP contribution in [-0.4, -0.2) is 36.0 Å². The third-order valence-electron chi connectivity index (χ3n) is 3.59. The lowest BCUT2D eigenvalue weighted by atomic mass is 10.2. The Labute approximate surface area is 143 Å². The van der Waals surface area contributed by atoms with Gasteiger partial charge in [0.05, 0.1) is 31.6 Å². The molecule has 128 valence electrons. The molecule has 25 heavy (non-hydrogen) atoms. The highest BCUT2D eigenvalue weighted by Crippen LogP contribution is 2.22. The Morgan fingerprint density at radius 2 is 1.56 bits per heavy atom. The number of hydrazine groups is 1. The molecule has 8 nitrogen and oxygen atoms in total. The van der Waals surface area contributed by atoms with Crippen LogP contribution in [0.15, 0.2) is 42.7 Å². The number of carbonyl (C=O) groups is 2. The van der Waals surface area contributed by atoms with Gasteiger partial charge >= 0.3 is 0 Å². The summed E-state index contributed by atoms with van der Waals surface area (Å²) in [6.45, 7) is 0. The van der Waals surface area contributed by atoms with Crippen LogP contribution in [0, 0.1) is 0 Å². The number of aromatic amines is 1. The Balaban J connectivity index is 1.70. The Bertz CT molecular complexity index is 913. The first kappa shape index (κ1) is 16.3. The number of hydrogen-bond donors (Lipinski definition) is 3. The molecule has 0 atom stereocenters. The fourth-order valence-corrected chi connectivity index (χ4v) is 2.27. The summed E-state index contributed by atoms with van der Waals surface area (Å²) >= 11 is 0. The van der Waals surface area contributed by atoms with Gasteiger partial charge in [-0.1, -0.05) is 0 Å².